The van der Waals surface area contributed by atoms with E-state index in [0.717, 1.165) is 13.8 Å². The molecule has 0 unspecified atom stereocenters. The summed E-state index contributed by atoms with van der Waals surface area (Å²) in [7, 11) is 0. The Morgan fingerprint density at radius 1 is 0.760 bits per heavy atom. The van der Waals surface area contributed by atoms with E-state index in [4.69, 9.17) is 18.9 Å². The number of hydrogen-bond donors (Lipinski definition) is 3. The van der Waals surface area contributed by atoms with Crippen LogP contribution < -0.4 is 0 Å². The number of ketones is 1. The molecule has 0 heterocycles. The van der Waals surface area contributed by atoms with Gasteiger partial charge in [-0.25, -0.2) is 9.59 Å². The lowest BCUT2D eigenvalue weighted by Gasteiger charge is -2.69. The Balaban J connectivity index is 1.81. The molecule has 3 saturated carbocycles. The number of Topliss-reactive ketones (excluding diaryl/α,β-unsaturated/α-hetero) is 1. The number of carbonyl (C=O) groups excluding carboxylic acids is 5. The first-order valence-electron chi connectivity index (χ1n) is 16.5. The number of esters is 4. The van der Waals surface area contributed by atoms with Gasteiger partial charge in [-0.05, 0) is 43.5 Å². The van der Waals surface area contributed by atoms with Gasteiger partial charge in [0.1, 0.15) is 23.9 Å². The monoisotopic (exact) mass is 692 g/mol. The third-order valence-electron chi connectivity index (χ3n) is 11.2. The SMILES string of the molecule is C=C[C@@H]1[C@@H](OC(=O)c2ccccc2)[C@H]2[C@](O)(C(=O)[C@@]1(C)O)[C@H](O)C[C@H]1C(C)(C)[C@H](OC(C)=O)[C@@H](OC(C)=O)[C@H](OC(=O)c3ccccc3)[C@@]12C. The van der Waals surface area contributed by atoms with Crippen LogP contribution in [0.4, 0.5) is 0 Å². The van der Waals surface area contributed by atoms with E-state index in [-0.39, 0.29) is 17.5 Å². The molecule has 11 atom stereocenters. The van der Waals surface area contributed by atoms with Crippen LogP contribution in [0.1, 0.15) is 68.7 Å². The molecule has 3 aliphatic rings. The highest BCUT2D eigenvalue weighted by molar-refractivity contribution is 5.98. The Labute approximate surface area is 290 Å². The van der Waals surface area contributed by atoms with Gasteiger partial charge in [0.2, 0.25) is 0 Å². The van der Waals surface area contributed by atoms with Crippen molar-refractivity contribution in [2.45, 2.75) is 89.7 Å². The first-order chi connectivity index (χ1) is 23.3. The van der Waals surface area contributed by atoms with Crippen molar-refractivity contribution in [1.82, 2.24) is 0 Å². The molecule has 50 heavy (non-hydrogen) atoms. The molecule has 0 saturated heterocycles. The number of aliphatic hydroxyl groups is 3. The normalized spacial score (nSPS) is 37.3. The van der Waals surface area contributed by atoms with Crippen molar-refractivity contribution in [3.63, 3.8) is 0 Å². The summed E-state index contributed by atoms with van der Waals surface area (Å²) < 4.78 is 24.1. The summed E-state index contributed by atoms with van der Waals surface area (Å²) in [6, 6.07) is 15.8. The van der Waals surface area contributed by atoms with Gasteiger partial charge in [-0.3, -0.25) is 14.4 Å². The van der Waals surface area contributed by atoms with Gasteiger partial charge in [-0.15, -0.1) is 6.58 Å². The molecule has 2 aromatic carbocycles. The number of carbonyl (C=O) groups is 5. The lowest BCUT2D eigenvalue weighted by molar-refractivity contribution is -0.320. The smallest absolute Gasteiger partial charge is 0.338 e. The summed E-state index contributed by atoms with van der Waals surface area (Å²) in [6.07, 6.45) is -6.84. The van der Waals surface area contributed by atoms with Crippen molar-refractivity contribution < 1.29 is 58.2 Å². The molecule has 0 amide bonds. The quantitative estimate of drug-likeness (QED) is 0.219. The molecule has 0 aromatic heterocycles. The van der Waals surface area contributed by atoms with Crippen molar-refractivity contribution in [3.8, 4) is 0 Å². The minimum Gasteiger partial charge on any atom is -0.458 e. The first-order valence-corrected chi connectivity index (χ1v) is 16.5. The van der Waals surface area contributed by atoms with Gasteiger partial charge in [-0.2, -0.15) is 0 Å². The van der Waals surface area contributed by atoms with Crippen LogP contribution in [0.25, 0.3) is 0 Å². The molecule has 3 N–H and O–H groups in total. The number of ether oxygens (including phenoxy) is 4. The zero-order chi connectivity index (χ0) is 37.0. The standard InChI is InChI=1S/C38H44O12/c1-8-24-27(49-32(42)22-15-11-9-12-16-22)29-36(6)25(19-26(41)38(29,46)34(44)37(24,7)45)35(4,5)30(48-21(3)40)28(47-20(2)39)31(36)50-33(43)23-17-13-10-14-18-23/h8-18,24-31,41,45-46H,1,19H2,2-7H3/t24-,25+,26-,27-,28-,29-,30-,31+,36+,37+,38+/m1/s1. The lowest BCUT2D eigenvalue weighted by atomic mass is 9.38. The predicted octanol–water partition coefficient (Wildman–Crippen LogP) is 3.21. The van der Waals surface area contributed by atoms with Gasteiger partial charge in [0.25, 0.3) is 0 Å². The molecule has 0 bridgehead atoms. The Morgan fingerprint density at radius 2 is 1.26 bits per heavy atom. The summed E-state index contributed by atoms with van der Waals surface area (Å²) in [5, 5.41) is 36.2. The minimum atomic E-state index is -2.79. The van der Waals surface area contributed by atoms with Crippen molar-refractivity contribution in [1.29, 1.82) is 0 Å². The topological polar surface area (TPSA) is 183 Å². The molecule has 12 nitrogen and oxygen atoms in total. The highest BCUT2D eigenvalue weighted by Gasteiger charge is 2.79. The fraction of sp³-hybridized carbons (Fsp3) is 0.500. The Morgan fingerprint density at radius 3 is 1.74 bits per heavy atom. The van der Waals surface area contributed by atoms with Crippen molar-refractivity contribution in [2.75, 3.05) is 0 Å². The molecular weight excluding hydrogens is 648 g/mol. The maximum absolute atomic E-state index is 14.4. The third-order valence-corrected chi connectivity index (χ3v) is 11.2. The molecule has 5 rings (SSSR count). The summed E-state index contributed by atoms with van der Waals surface area (Å²) >= 11 is 0. The number of hydrogen-bond acceptors (Lipinski definition) is 12. The van der Waals surface area contributed by atoms with Crippen LogP contribution in [0, 0.1) is 28.6 Å². The van der Waals surface area contributed by atoms with Gasteiger partial charge in [0, 0.05) is 30.6 Å². The van der Waals surface area contributed by atoms with Crippen molar-refractivity contribution >= 4 is 29.7 Å². The molecule has 2 aromatic rings. The van der Waals surface area contributed by atoms with E-state index in [1.807, 2.05) is 0 Å². The van der Waals surface area contributed by atoms with Gasteiger partial charge in [-0.1, -0.05) is 63.2 Å². The Kier molecular flexibility index (Phi) is 9.63. The third kappa shape index (κ3) is 5.72. The van der Waals surface area contributed by atoms with Gasteiger partial charge < -0.3 is 34.3 Å². The van der Waals surface area contributed by atoms with Crippen LogP contribution in [-0.2, 0) is 33.3 Å². The zero-order valence-corrected chi connectivity index (χ0v) is 28.9. The van der Waals surface area contributed by atoms with Crippen LogP contribution in [0.5, 0.6) is 0 Å². The van der Waals surface area contributed by atoms with Gasteiger partial charge in [0.15, 0.2) is 17.5 Å². The molecule has 3 aliphatic carbocycles. The van der Waals surface area contributed by atoms with E-state index in [1.165, 1.54) is 37.3 Å². The van der Waals surface area contributed by atoms with Crippen molar-refractivity contribution in [2.24, 2.45) is 28.6 Å². The molecule has 0 spiro atoms. The summed E-state index contributed by atoms with van der Waals surface area (Å²) in [5.41, 5.74) is -7.86. The molecule has 268 valence electrons. The average molecular weight is 693 g/mol. The lowest BCUT2D eigenvalue weighted by Crippen LogP contribution is -2.83. The second-order valence-electron chi connectivity index (χ2n) is 14.6. The second kappa shape index (κ2) is 13.1. The summed E-state index contributed by atoms with van der Waals surface area (Å²) in [5.74, 6) is -8.26. The number of benzene rings is 2. The number of fused-ring (bicyclic) bond motifs is 3. The maximum atomic E-state index is 14.4. The average Bonchev–Trinajstić information content (AvgIpc) is 3.05. The van der Waals surface area contributed by atoms with E-state index in [1.54, 1.807) is 57.2 Å². The highest BCUT2D eigenvalue weighted by Crippen LogP contribution is 2.67. The Bertz CT molecular complexity index is 1670. The van der Waals surface area contributed by atoms with Crippen LogP contribution in [-0.4, -0.2) is 86.7 Å². The largest absolute Gasteiger partial charge is 0.458 e. The van der Waals surface area contributed by atoms with E-state index in [0.29, 0.717) is 0 Å². The van der Waals surface area contributed by atoms with E-state index in [9.17, 15) is 39.3 Å². The number of aliphatic hydroxyl groups excluding tert-OH is 1. The highest BCUT2D eigenvalue weighted by atomic mass is 16.6. The molecule has 3 fully saturated rings. The van der Waals surface area contributed by atoms with Crippen LogP contribution >= 0.6 is 0 Å². The number of rotatable bonds is 7. The van der Waals surface area contributed by atoms with Gasteiger partial charge >= 0.3 is 23.9 Å². The van der Waals surface area contributed by atoms with Crippen LogP contribution in [0.3, 0.4) is 0 Å². The van der Waals surface area contributed by atoms with E-state index >= 15 is 0 Å². The van der Waals surface area contributed by atoms with E-state index < -0.39 is 100.0 Å². The summed E-state index contributed by atoms with van der Waals surface area (Å²) in [4.78, 5) is 67.4. The minimum absolute atomic E-state index is 0.118. The molecule has 0 aliphatic heterocycles. The zero-order valence-electron chi connectivity index (χ0n) is 28.9. The molecule has 0 radical (unpaired) electrons. The predicted molar refractivity (Wildman–Crippen MR) is 176 cm³/mol. The summed E-state index contributed by atoms with van der Waals surface area (Å²) in [6.45, 7) is 12.3. The van der Waals surface area contributed by atoms with Crippen molar-refractivity contribution in [3.05, 3.63) is 84.4 Å². The van der Waals surface area contributed by atoms with Gasteiger partial charge in [0.05, 0.1) is 23.1 Å². The second-order valence-corrected chi connectivity index (χ2v) is 14.6. The Hall–Kier alpha value is -4.39. The van der Waals surface area contributed by atoms with Crippen LogP contribution in [0.15, 0.2) is 73.3 Å². The van der Waals surface area contributed by atoms with E-state index in [2.05, 4.69) is 6.58 Å². The van der Waals surface area contributed by atoms with Crippen LogP contribution in [0.2, 0.25) is 0 Å². The fourth-order valence-corrected chi connectivity index (χ4v) is 9.09. The molecule has 12 heteroatoms. The fourth-order valence-electron chi connectivity index (χ4n) is 9.09. The maximum Gasteiger partial charge on any atom is 0.338 e. The first kappa shape index (κ1) is 36.9. The molecular formula is C38H44O12.